The minimum atomic E-state index is -0.196. The Morgan fingerprint density at radius 1 is 1.00 bits per heavy atom. The van der Waals surface area contributed by atoms with E-state index in [4.69, 9.17) is 25.8 Å². The van der Waals surface area contributed by atoms with E-state index in [-0.39, 0.29) is 23.9 Å². The number of hydrogen-bond donors (Lipinski definition) is 0. The molecule has 3 aromatic carbocycles. The van der Waals surface area contributed by atoms with Gasteiger partial charge in [0.25, 0.3) is 0 Å². The third-order valence-corrected chi connectivity index (χ3v) is 4.84. The molecule has 0 fully saturated rings. The van der Waals surface area contributed by atoms with E-state index in [9.17, 15) is 9.59 Å². The van der Waals surface area contributed by atoms with E-state index in [0.717, 1.165) is 5.56 Å². The number of benzene rings is 3. The van der Waals surface area contributed by atoms with Crippen LogP contribution in [0.25, 0.3) is 6.08 Å². The SMILES string of the molecule is COc1ccc2c(c1)C(=O)/C(=C/c1ccc(OCC(=O)c3ccc(Cl)cc3)cc1)O2. The summed E-state index contributed by atoms with van der Waals surface area (Å²) in [4.78, 5) is 24.7. The van der Waals surface area contributed by atoms with Crippen molar-refractivity contribution in [1.82, 2.24) is 0 Å². The Morgan fingerprint density at radius 2 is 1.70 bits per heavy atom. The Balaban J connectivity index is 1.41. The van der Waals surface area contributed by atoms with E-state index in [1.165, 1.54) is 0 Å². The Bertz CT molecular complexity index is 1130. The third kappa shape index (κ3) is 4.21. The lowest BCUT2D eigenvalue weighted by Crippen LogP contribution is -2.11. The molecule has 0 saturated heterocycles. The fourth-order valence-corrected chi connectivity index (χ4v) is 3.10. The number of carbonyl (C=O) groups is 2. The fraction of sp³-hybridized carbons (Fsp3) is 0.0833. The summed E-state index contributed by atoms with van der Waals surface area (Å²) in [6.45, 7) is -0.0825. The minimum Gasteiger partial charge on any atom is -0.497 e. The summed E-state index contributed by atoms with van der Waals surface area (Å²) in [5, 5.41) is 0.573. The van der Waals surface area contributed by atoms with E-state index in [1.807, 2.05) is 0 Å². The average Bonchev–Trinajstić information content (AvgIpc) is 3.08. The Hall–Kier alpha value is -3.57. The van der Waals surface area contributed by atoms with Gasteiger partial charge in [0, 0.05) is 10.6 Å². The number of rotatable bonds is 6. The molecule has 1 heterocycles. The van der Waals surface area contributed by atoms with Crippen molar-refractivity contribution >= 4 is 29.2 Å². The second-order valence-corrected chi connectivity index (χ2v) is 7.03. The van der Waals surface area contributed by atoms with E-state index < -0.39 is 0 Å². The first-order valence-electron chi connectivity index (χ1n) is 9.17. The maximum Gasteiger partial charge on any atom is 0.232 e. The Kier molecular flexibility index (Phi) is 5.55. The van der Waals surface area contributed by atoms with E-state index in [2.05, 4.69) is 0 Å². The summed E-state index contributed by atoms with van der Waals surface area (Å²) in [6, 6.07) is 18.8. The second kappa shape index (κ2) is 8.43. The predicted molar refractivity (Wildman–Crippen MR) is 114 cm³/mol. The van der Waals surface area contributed by atoms with Crippen molar-refractivity contribution in [3.8, 4) is 17.2 Å². The van der Waals surface area contributed by atoms with Gasteiger partial charge in [-0.1, -0.05) is 23.7 Å². The van der Waals surface area contributed by atoms with E-state index in [0.29, 0.717) is 33.4 Å². The number of carbonyl (C=O) groups excluding carboxylic acids is 2. The molecule has 0 bridgehead atoms. The molecule has 150 valence electrons. The molecule has 1 aliphatic heterocycles. The van der Waals surface area contributed by atoms with Gasteiger partial charge in [-0.3, -0.25) is 9.59 Å². The molecule has 5 nitrogen and oxygen atoms in total. The van der Waals surface area contributed by atoms with Crippen LogP contribution in [0.4, 0.5) is 0 Å². The number of ether oxygens (including phenoxy) is 3. The van der Waals surface area contributed by atoms with Gasteiger partial charge in [0.1, 0.15) is 17.2 Å². The zero-order valence-electron chi connectivity index (χ0n) is 16.1. The molecule has 1 aliphatic rings. The first-order chi connectivity index (χ1) is 14.5. The summed E-state index contributed by atoms with van der Waals surface area (Å²) in [6.07, 6.45) is 1.66. The van der Waals surface area contributed by atoms with Crippen molar-refractivity contribution in [2.45, 2.75) is 0 Å². The van der Waals surface area contributed by atoms with Crippen molar-refractivity contribution in [2.75, 3.05) is 13.7 Å². The molecule has 30 heavy (non-hydrogen) atoms. The van der Waals surface area contributed by atoms with Crippen LogP contribution in [0.5, 0.6) is 17.2 Å². The second-order valence-electron chi connectivity index (χ2n) is 6.59. The van der Waals surface area contributed by atoms with Crippen LogP contribution in [-0.4, -0.2) is 25.3 Å². The smallest absolute Gasteiger partial charge is 0.232 e. The van der Waals surface area contributed by atoms with Crippen LogP contribution in [0.15, 0.2) is 72.5 Å². The topological polar surface area (TPSA) is 61.8 Å². The maximum absolute atomic E-state index is 12.6. The predicted octanol–water partition coefficient (Wildman–Crippen LogP) is 5.23. The average molecular weight is 421 g/mol. The van der Waals surface area contributed by atoms with Crippen molar-refractivity contribution in [3.63, 3.8) is 0 Å². The third-order valence-electron chi connectivity index (χ3n) is 4.59. The van der Waals surface area contributed by atoms with Crippen LogP contribution in [-0.2, 0) is 0 Å². The number of allylic oxidation sites excluding steroid dienone is 1. The zero-order chi connectivity index (χ0) is 21.1. The van der Waals surface area contributed by atoms with Crippen LogP contribution in [0.1, 0.15) is 26.3 Å². The van der Waals surface area contributed by atoms with Gasteiger partial charge in [0.05, 0.1) is 12.7 Å². The highest BCUT2D eigenvalue weighted by Crippen LogP contribution is 2.34. The summed E-state index contributed by atoms with van der Waals surface area (Å²) in [7, 11) is 1.55. The standard InChI is InChI=1S/C24H17ClO5/c1-28-19-10-11-22-20(13-19)24(27)23(30-22)12-15-2-8-18(9-3-15)29-14-21(26)16-4-6-17(25)7-5-16/h2-13H,14H2,1H3/b23-12-. The molecule has 0 unspecified atom stereocenters. The van der Waals surface area contributed by atoms with Crippen LogP contribution < -0.4 is 14.2 Å². The lowest BCUT2D eigenvalue weighted by molar-refractivity contribution is 0.0921. The molecular formula is C24H17ClO5. The van der Waals surface area contributed by atoms with Gasteiger partial charge in [0.15, 0.2) is 18.1 Å². The number of halogens is 1. The monoisotopic (exact) mass is 420 g/mol. The highest BCUT2D eigenvalue weighted by Gasteiger charge is 2.27. The van der Waals surface area contributed by atoms with Crippen molar-refractivity contribution < 1.29 is 23.8 Å². The Labute approximate surface area is 178 Å². The molecule has 0 atom stereocenters. The normalized spacial score (nSPS) is 13.7. The molecule has 0 N–H and O–H groups in total. The zero-order valence-corrected chi connectivity index (χ0v) is 16.8. The lowest BCUT2D eigenvalue weighted by Gasteiger charge is -2.06. The fourth-order valence-electron chi connectivity index (χ4n) is 2.97. The molecule has 6 heteroatoms. The Morgan fingerprint density at radius 3 is 2.40 bits per heavy atom. The van der Waals surface area contributed by atoms with Gasteiger partial charge in [-0.05, 0) is 66.2 Å². The summed E-state index contributed by atoms with van der Waals surface area (Å²) in [5.74, 6) is 1.55. The van der Waals surface area contributed by atoms with Crippen molar-refractivity contribution in [3.05, 3.63) is 94.2 Å². The summed E-state index contributed by atoms with van der Waals surface area (Å²) in [5.41, 5.74) is 1.78. The lowest BCUT2D eigenvalue weighted by atomic mass is 10.1. The molecule has 0 spiro atoms. The van der Waals surface area contributed by atoms with Crippen LogP contribution in [0, 0.1) is 0 Å². The van der Waals surface area contributed by atoms with Gasteiger partial charge >= 0.3 is 0 Å². The summed E-state index contributed by atoms with van der Waals surface area (Å²) < 4.78 is 16.4. The molecule has 4 rings (SSSR count). The van der Waals surface area contributed by atoms with Crippen LogP contribution >= 0.6 is 11.6 Å². The molecule has 0 saturated carbocycles. The number of ketones is 2. The molecule has 0 radical (unpaired) electrons. The summed E-state index contributed by atoms with van der Waals surface area (Å²) >= 11 is 5.83. The van der Waals surface area contributed by atoms with Crippen LogP contribution in [0.2, 0.25) is 5.02 Å². The highest BCUT2D eigenvalue weighted by molar-refractivity contribution is 6.30. The molecular weight excluding hydrogens is 404 g/mol. The van der Waals surface area contributed by atoms with E-state index in [1.54, 1.807) is 79.9 Å². The van der Waals surface area contributed by atoms with Gasteiger partial charge in [-0.15, -0.1) is 0 Å². The van der Waals surface area contributed by atoms with Gasteiger partial charge in [-0.25, -0.2) is 0 Å². The van der Waals surface area contributed by atoms with Gasteiger partial charge in [0.2, 0.25) is 5.78 Å². The number of fused-ring (bicyclic) bond motifs is 1. The number of Topliss-reactive ketones (excluding diaryl/α,β-unsaturated/α-hetero) is 2. The molecule has 0 amide bonds. The largest absolute Gasteiger partial charge is 0.497 e. The minimum absolute atomic E-state index is 0.0825. The van der Waals surface area contributed by atoms with Gasteiger partial charge in [-0.2, -0.15) is 0 Å². The van der Waals surface area contributed by atoms with Gasteiger partial charge < -0.3 is 14.2 Å². The molecule has 3 aromatic rings. The van der Waals surface area contributed by atoms with Crippen LogP contribution in [0.3, 0.4) is 0 Å². The van der Waals surface area contributed by atoms with Crippen molar-refractivity contribution in [1.29, 1.82) is 0 Å². The molecule has 0 aliphatic carbocycles. The van der Waals surface area contributed by atoms with E-state index >= 15 is 0 Å². The quantitative estimate of drug-likeness (QED) is 0.404. The first-order valence-corrected chi connectivity index (χ1v) is 9.55. The number of methoxy groups -OCH3 is 1. The van der Waals surface area contributed by atoms with Crippen molar-refractivity contribution in [2.24, 2.45) is 0 Å². The first kappa shape index (κ1) is 19.7. The number of hydrogen-bond acceptors (Lipinski definition) is 5. The highest BCUT2D eigenvalue weighted by atomic mass is 35.5. The maximum atomic E-state index is 12.6. The molecule has 0 aromatic heterocycles.